The van der Waals surface area contributed by atoms with Gasteiger partial charge < -0.3 is 15.0 Å². The Bertz CT molecular complexity index is 184. The third-order valence-corrected chi connectivity index (χ3v) is 2.65. The predicted molar refractivity (Wildman–Crippen MR) is 48.6 cm³/mol. The van der Waals surface area contributed by atoms with Crippen molar-refractivity contribution in [3.8, 4) is 0 Å². The maximum atomic E-state index is 11.5. The number of amides is 1. The Hall–Kier alpha value is -0.770. The minimum atomic E-state index is -0.119. The summed E-state index contributed by atoms with van der Waals surface area (Å²) in [5.74, 6) is 0. The zero-order valence-corrected chi connectivity index (χ0v) is 7.79. The van der Waals surface area contributed by atoms with Gasteiger partial charge in [-0.15, -0.1) is 0 Å². The van der Waals surface area contributed by atoms with Gasteiger partial charge in [0.05, 0.1) is 0 Å². The summed E-state index contributed by atoms with van der Waals surface area (Å²) < 4.78 is 5.32. The highest BCUT2D eigenvalue weighted by molar-refractivity contribution is 5.68. The van der Waals surface area contributed by atoms with E-state index < -0.39 is 0 Å². The van der Waals surface area contributed by atoms with Crippen LogP contribution in [0.25, 0.3) is 0 Å². The maximum absolute atomic E-state index is 11.5. The van der Waals surface area contributed by atoms with E-state index in [4.69, 9.17) is 4.74 Å². The molecule has 0 saturated carbocycles. The second-order valence-corrected chi connectivity index (χ2v) is 3.69. The predicted octanol–water partition coefficient (Wildman–Crippen LogP) is 0.581. The first-order chi connectivity index (χ1) is 6.36. The van der Waals surface area contributed by atoms with Crippen LogP contribution in [0, 0.1) is 0 Å². The van der Waals surface area contributed by atoms with Gasteiger partial charge in [-0.1, -0.05) is 0 Å². The van der Waals surface area contributed by atoms with Crippen molar-refractivity contribution in [1.82, 2.24) is 10.2 Å². The number of nitrogens with one attached hydrogen (secondary N) is 1. The normalized spacial score (nSPS) is 28.0. The van der Waals surface area contributed by atoms with Crippen LogP contribution in [0.2, 0.25) is 0 Å². The zero-order chi connectivity index (χ0) is 9.10. The molecule has 2 aliphatic rings. The molecule has 2 heterocycles. The Morgan fingerprint density at radius 3 is 2.77 bits per heavy atom. The minimum Gasteiger partial charge on any atom is -0.445 e. The van der Waals surface area contributed by atoms with E-state index in [1.807, 2.05) is 0 Å². The van der Waals surface area contributed by atoms with Crippen LogP contribution < -0.4 is 5.32 Å². The van der Waals surface area contributed by atoms with Gasteiger partial charge in [-0.2, -0.15) is 0 Å². The van der Waals surface area contributed by atoms with Crippen LogP contribution in [0.5, 0.6) is 0 Å². The summed E-state index contributed by atoms with van der Waals surface area (Å²) in [6, 6.07) is 0. The molecule has 1 N–H and O–H groups in total. The number of ether oxygens (including phenoxy) is 1. The minimum absolute atomic E-state index is 0.105. The third kappa shape index (κ3) is 2.12. The summed E-state index contributed by atoms with van der Waals surface area (Å²) in [7, 11) is 0. The zero-order valence-electron chi connectivity index (χ0n) is 7.79. The quantitative estimate of drug-likeness (QED) is 0.648. The number of hydrogen-bond acceptors (Lipinski definition) is 3. The Kier molecular flexibility index (Phi) is 2.68. The molecule has 4 nitrogen and oxygen atoms in total. The molecule has 2 fully saturated rings. The molecule has 13 heavy (non-hydrogen) atoms. The SMILES string of the molecule is O=C(O[C@@H]1CCNC1)N1CCCC1. The maximum Gasteiger partial charge on any atom is 0.410 e. The topological polar surface area (TPSA) is 41.6 Å². The fourth-order valence-corrected chi connectivity index (χ4v) is 1.85. The summed E-state index contributed by atoms with van der Waals surface area (Å²) in [6.07, 6.45) is 3.19. The molecule has 1 amide bonds. The number of carbonyl (C=O) groups is 1. The van der Waals surface area contributed by atoms with E-state index in [9.17, 15) is 4.79 Å². The molecule has 2 rings (SSSR count). The van der Waals surface area contributed by atoms with Crippen molar-refractivity contribution in [3.05, 3.63) is 0 Å². The number of carbonyl (C=O) groups excluding carboxylic acids is 1. The fourth-order valence-electron chi connectivity index (χ4n) is 1.85. The number of hydrogen-bond donors (Lipinski definition) is 1. The van der Waals surface area contributed by atoms with Gasteiger partial charge >= 0.3 is 6.09 Å². The molecule has 1 atom stereocenters. The van der Waals surface area contributed by atoms with E-state index in [0.717, 1.165) is 45.4 Å². The average molecular weight is 184 g/mol. The van der Waals surface area contributed by atoms with Crippen molar-refractivity contribution in [2.75, 3.05) is 26.2 Å². The molecule has 0 aromatic rings. The molecule has 0 spiro atoms. The lowest BCUT2D eigenvalue weighted by Gasteiger charge is -2.18. The van der Waals surface area contributed by atoms with E-state index in [-0.39, 0.29) is 12.2 Å². The fraction of sp³-hybridized carbons (Fsp3) is 0.889. The van der Waals surface area contributed by atoms with Gasteiger partial charge in [-0.3, -0.25) is 0 Å². The molecule has 0 radical (unpaired) electrons. The molecule has 0 bridgehead atoms. The number of rotatable bonds is 1. The summed E-state index contributed by atoms with van der Waals surface area (Å²) in [6.45, 7) is 3.54. The van der Waals surface area contributed by atoms with Crippen molar-refractivity contribution < 1.29 is 9.53 Å². The van der Waals surface area contributed by atoms with Gasteiger partial charge in [-0.25, -0.2) is 4.79 Å². The van der Waals surface area contributed by atoms with Crippen LogP contribution in [0.1, 0.15) is 19.3 Å². The molecule has 0 unspecified atom stereocenters. The second-order valence-electron chi connectivity index (χ2n) is 3.69. The van der Waals surface area contributed by atoms with Gasteiger partial charge in [0.2, 0.25) is 0 Å². The first-order valence-electron chi connectivity index (χ1n) is 5.02. The lowest BCUT2D eigenvalue weighted by atomic mass is 10.3. The molecule has 0 aliphatic carbocycles. The lowest BCUT2D eigenvalue weighted by molar-refractivity contribution is 0.0768. The van der Waals surface area contributed by atoms with E-state index >= 15 is 0 Å². The van der Waals surface area contributed by atoms with E-state index in [0.29, 0.717) is 0 Å². The highest BCUT2D eigenvalue weighted by atomic mass is 16.6. The molecule has 0 aromatic heterocycles. The van der Waals surface area contributed by atoms with Gasteiger partial charge in [0.15, 0.2) is 0 Å². The van der Waals surface area contributed by atoms with Crippen molar-refractivity contribution >= 4 is 6.09 Å². The summed E-state index contributed by atoms with van der Waals surface area (Å²) >= 11 is 0. The van der Waals surface area contributed by atoms with Crippen LogP contribution in [0.15, 0.2) is 0 Å². The van der Waals surface area contributed by atoms with E-state index in [1.165, 1.54) is 0 Å². The van der Waals surface area contributed by atoms with Gasteiger partial charge in [0.1, 0.15) is 6.10 Å². The molecule has 4 heteroatoms. The Balaban J connectivity index is 1.76. The van der Waals surface area contributed by atoms with Crippen molar-refractivity contribution in [1.29, 1.82) is 0 Å². The van der Waals surface area contributed by atoms with Gasteiger partial charge in [-0.05, 0) is 25.8 Å². The molecule has 0 aromatic carbocycles. The standard InChI is InChI=1S/C9H16N2O2/c12-9(11-5-1-2-6-11)13-8-3-4-10-7-8/h8,10H,1-7H2/t8-/m1/s1. The largest absolute Gasteiger partial charge is 0.445 e. The van der Waals surface area contributed by atoms with Gasteiger partial charge in [0, 0.05) is 19.6 Å². The summed E-state index contributed by atoms with van der Waals surface area (Å²) in [5, 5.41) is 3.17. The van der Waals surface area contributed by atoms with Crippen molar-refractivity contribution in [2.45, 2.75) is 25.4 Å². The number of likely N-dealkylation sites (tertiary alicyclic amines) is 1. The average Bonchev–Trinajstić information content (AvgIpc) is 2.74. The van der Waals surface area contributed by atoms with E-state index in [1.54, 1.807) is 4.90 Å². The first-order valence-corrected chi connectivity index (χ1v) is 5.02. The smallest absolute Gasteiger partial charge is 0.410 e. The molecule has 2 aliphatic heterocycles. The number of nitrogens with zero attached hydrogens (tertiary/aromatic N) is 1. The van der Waals surface area contributed by atoms with Crippen LogP contribution in [-0.4, -0.2) is 43.3 Å². The summed E-state index contributed by atoms with van der Waals surface area (Å²) in [4.78, 5) is 13.3. The van der Waals surface area contributed by atoms with Crippen LogP contribution >= 0.6 is 0 Å². The monoisotopic (exact) mass is 184 g/mol. The molecular formula is C9H16N2O2. The van der Waals surface area contributed by atoms with Crippen molar-refractivity contribution in [2.24, 2.45) is 0 Å². The third-order valence-electron chi connectivity index (χ3n) is 2.65. The lowest BCUT2D eigenvalue weighted by Crippen LogP contribution is -2.32. The van der Waals surface area contributed by atoms with Crippen LogP contribution in [-0.2, 0) is 4.74 Å². The Morgan fingerprint density at radius 1 is 1.38 bits per heavy atom. The highest BCUT2D eigenvalue weighted by Crippen LogP contribution is 2.11. The molecular weight excluding hydrogens is 168 g/mol. The van der Waals surface area contributed by atoms with Crippen molar-refractivity contribution in [3.63, 3.8) is 0 Å². The second kappa shape index (κ2) is 3.96. The summed E-state index contributed by atoms with van der Waals surface area (Å²) in [5.41, 5.74) is 0. The van der Waals surface area contributed by atoms with E-state index in [2.05, 4.69) is 5.32 Å². The first kappa shape index (κ1) is 8.81. The van der Waals surface area contributed by atoms with Crippen LogP contribution in [0.4, 0.5) is 4.79 Å². The van der Waals surface area contributed by atoms with Crippen LogP contribution in [0.3, 0.4) is 0 Å². The van der Waals surface area contributed by atoms with Gasteiger partial charge in [0.25, 0.3) is 0 Å². The molecule has 74 valence electrons. The Morgan fingerprint density at radius 2 is 2.15 bits per heavy atom. The molecule has 2 saturated heterocycles. The highest BCUT2D eigenvalue weighted by Gasteiger charge is 2.24. The Labute approximate surface area is 78.2 Å².